The molecule has 0 amide bonds. The molecule has 21 heavy (non-hydrogen) atoms. The molecule has 120 valence electrons. The lowest BCUT2D eigenvalue weighted by Crippen LogP contribution is -2.40. The van der Waals surface area contributed by atoms with Crippen molar-refractivity contribution in [2.24, 2.45) is 5.73 Å². The summed E-state index contributed by atoms with van der Waals surface area (Å²) in [5, 5.41) is 0. The Morgan fingerprint density at radius 3 is 2.43 bits per heavy atom. The molecular formula is C12H18F3N3O2S. The SMILES string of the molecule is CCn1cc(S(=O)(=O)N(CC(F)(F)F)C2CC2)cc1CN. The third-order valence-corrected chi connectivity index (χ3v) is 5.27. The van der Waals surface area contributed by atoms with E-state index in [1.54, 1.807) is 4.57 Å². The second-order valence-electron chi connectivity index (χ2n) is 5.05. The van der Waals surface area contributed by atoms with E-state index in [0.29, 0.717) is 29.4 Å². The number of rotatable bonds is 6. The fourth-order valence-corrected chi connectivity index (χ4v) is 3.95. The lowest BCUT2D eigenvalue weighted by atomic mass is 10.4. The Hall–Kier alpha value is -1.06. The lowest BCUT2D eigenvalue weighted by molar-refractivity contribution is -0.137. The van der Waals surface area contributed by atoms with Crippen molar-refractivity contribution in [3.05, 3.63) is 18.0 Å². The van der Waals surface area contributed by atoms with E-state index in [0.717, 1.165) is 0 Å². The van der Waals surface area contributed by atoms with Gasteiger partial charge < -0.3 is 10.3 Å². The normalized spacial score (nSPS) is 16.7. The molecule has 1 aliphatic carbocycles. The molecule has 0 spiro atoms. The fraction of sp³-hybridized carbons (Fsp3) is 0.667. The van der Waals surface area contributed by atoms with E-state index in [1.807, 2.05) is 6.92 Å². The summed E-state index contributed by atoms with van der Waals surface area (Å²) in [5.41, 5.74) is 6.11. The van der Waals surface area contributed by atoms with Crippen LogP contribution < -0.4 is 5.73 Å². The average Bonchev–Trinajstić information content (AvgIpc) is 3.12. The monoisotopic (exact) mass is 325 g/mol. The standard InChI is InChI=1S/C12H18F3N3O2S/c1-2-17-7-11(5-10(17)6-16)21(19,20)18(9-3-4-9)8-12(13,14)15/h5,7,9H,2-4,6,8,16H2,1H3. The smallest absolute Gasteiger partial charge is 0.349 e. The molecule has 1 heterocycles. The van der Waals surface area contributed by atoms with Crippen molar-refractivity contribution in [1.82, 2.24) is 8.87 Å². The van der Waals surface area contributed by atoms with E-state index in [1.165, 1.54) is 12.3 Å². The minimum atomic E-state index is -4.56. The largest absolute Gasteiger partial charge is 0.402 e. The second kappa shape index (κ2) is 5.62. The average molecular weight is 325 g/mol. The molecule has 1 aliphatic rings. The molecule has 1 saturated carbocycles. The van der Waals surface area contributed by atoms with Crippen molar-refractivity contribution >= 4 is 10.0 Å². The molecule has 1 aromatic rings. The van der Waals surface area contributed by atoms with Crippen LogP contribution in [0.2, 0.25) is 0 Å². The molecule has 1 aromatic heterocycles. The van der Waals surface area contributed by atoms with Gasteiger partial charge in [-0.2, -0.15) is 17.5 Å². The van der Waals surface area contributed by atoms with Crippen molar-refractivity contribution in [3.8, 4) is 0 Å². The van der Waals surface area contributed by atoms with Crippen LogP contribution in [0.4, 0.5) is 13.2 Å². The Bertz CT molecular complexity index is 584. The van der Waals surface area contributed by atoms with Gasteiger partial charge in [0.05, 0.1) is 0 Å². The van der Waals surface area contributed by atoms with Crippen LogP contribution in [0.3, 0.4) is 0 Å². The van der Waals surface area contributed by atoms with Crippen LogP contribution in [-0.2, 0) is 23.1 Å². The van der Waals surface area contributed by atoms with Gasteiger partial charge >= 0.3 is 6.18 Å². The van der Waals surface area contributed by atoms with Gasteiger partial charge in [-0.3, -0.25) is 0 Å². The molecule has 0 radical (unpaired) electrons. The zero-order chi connectivity index (χ0) is 15.8. The first-order valence-electron chi connectivity index (χ1n) is 6.66. The molecule has 0 unspecified atom stereocenters. The highest BCUT2D eigenvalue weighted by Crippen LogP contribution is 2.35. The first kappa shape index (κ1) is 16.3. The molecule has 9 heteroatoms. The van der Waals surface area contributed by atoms with E-state index in [2.05, 4.69) is 0 Å². The first-order valence-corrected chi connectivity index (χ1v) is 8.10. The number of hydrogen-bond donors (Lipinski definition) is 1. The zero-order valence-electron chi connectivity index (χ0n) is 11.6. The number of nitrogens with zero attached hydrogens (tertiary/aromatic N) is 2. The van der Waals surface area contributed by atoms with Gasteiger partial charge in [-0.1, -0.05) is 0 Å². The van der Waals surface area contributed by atoms with Crippen molar-refractivity contribution in [1.29, 1.82) is 0 Å². The molecule has 0 aliphatic heterocycles. The predicted molar refractivity (Wildman–Crippen MR) is 71.0 cm³/mol. The summed E-state index contributed by atoms with van der Waals surface area (Å²) in [6.45, 7) is 0.996. The lowest BCUT2D eigenvalue weighted by Gasteiger charge is -2.22. The van der Waals surface area contributed by atoms with Crippen LogP contribution in [0.1, 0.15) is 25.5 Å². The minimum Gasteiger partial charge on any atom is -0.349 e. The van der Waals surface area contributed by atoms with E-state index in [4.69, 9.17) is 5.73 Å². The van der Waals surface area contributed by atoms with Crippen LogP contribution in [0, 0.1) is 0 Å². The van der Waals surface area contributed by atoms with Crippen molar-refractivity contribution < 1.29 is 21.6 Å². The van der Waals surface area contributed by atoms with E-state index >= 15 is 0 Å². The van der Waals surface area contributed by atoms with Gasteiger partial charge in [0.25, 0.3) is 0 Å². The Morgan fingerprint density at radius 2 is 2.05 bits per heavy atom. The summed E-state index contributed by atoms with van der Waals surface area (Å²) in [5.74, 6) is 0. The van der Waals surface area contributed by atoms with Crippen LogP contribution >= 0.6 is 0 Å². The molecular weight excluding hydrogens is 307 g/mol. The van der Waals surface area contributed by atoms with Gasteiger partial charge in [0, 0.05) is 31.0 Å². The molecule has 0 saturated heterocycles. The maximum Gasteiger partial charge on any atom is 0.402 e. The number of sulfonamides is 1. The molecule has 2 N–H and O–H groups in total. The van der Waals surface area contributed by atoms with Crippen LogP contribution in [-0.4, -0.2) is 36.1 Å². The third-order valence-electron chi connectivity index (χ3n) is 3.41. The van der Waals surface area contributed by atoms with Gasteiger partial charge in [0.2, 0.25) is 10.0 Å². The number of alkyl halides is 3. The molecule has 0 atom stereocenters. The highest BCUT2D eigenvalue weighted by molar-refractivity contribution is 7.89. The molecule has 5 nitrogen and oxygen atoms in total. The number of aromatic nitrogens is 1. The summed E-state index contributed by atoms with van der Waals surface area (Å²) >= 11 is 0. The number of aryl methyl sites for hydroxylation is 1. The summed E-state index contributed by atoms with van der Waals surface area (Å²) in [6.07, 6.45) is -2.27. The molecule has 0 aromatic carbocycles. The summed E-state index contributed by atoms with van der Waals surface area (Å²) < 4.78 is 65.0. The Kier molecular flexibility index (Phi) is 4.36. The van der Waals surface area contributed by atoms with Crippen LogP contribution in [0.15, 0.2) is 17.2 Å². The van der Waals surface area contributed by atoms with Gasteiger partial charge in [-0.15, -0.1) is 0 Å². The van der Waals surface area contributed by atoms with Gasteiger partial charge in [0.15, 0.2) is 0 Å². The number of halogens is 3. The van der Waals surface area contributed by atoms with Gasteiger partial charge in [-0.25, -0.2) is 8.42 Å². The summed E-state index contributed by atoms with van der Waals surface area (Å²) in [7, 11) is -4.16. The highest BCUT2D eigenvalue weighted by atomic mass is 32.2. The van der Waals surface area contributed by atoms with E-state index in [9.17, 15) is 21.6 Å². The Balaban J connectivity index is 2.36. The van der Waals surface area contributed by atoms with Gasteiger partial charge in [0.1, 0.15) is 11.4 Å². The Labute approximate surface area is 121 Å². The van der Waals surface area contributed by atoms with Crippen molar-refractivity contribution in [2.75, 3.05) is 6.54 Å². The van der Waals surface area contributed by atoms with E-state index in [-0.39, 0.29) is 11.4 Å². The topological polar surface area (TPSA) is 68.3 Å². The van der Waals surface area contributed by atoms with Crippen molar-refractivity contribution in [3.63, 3.8) is 0 Å². The molecule has 0 bridgehead atoms. The Morgan fingerprint density at radius 1 is 1.43 bits per heavy atom. The predicted octanol–water partition coefficient (Wildman–Crippen LogP) is 1.68. The molecule has 1 fully saturated rings. The maximum absolute atomic E-state index is 12.6. The third kappa shape index (κ3) is 3.58. The molecule has 2 rings (SSSR count). The second-order valence-corrected chi connectivity index (χ2v) is 6.94. The van der Waals surface area contributed by atoms with Gasteiger partial charge in [-0.05, 0) is 25.8 Å². The van der Waals surface area contributed by atoms with Crippen LogP contribution in [0.5, 0.6) is 0 Å². The van der Waals surface area contributed by atoms with Crippen LogP contribution in [0.25, 0.3) is 0 Å². The number of hydrogen-bond acceptors (Lipinski definition) is 3. The highest BCUT2D eigenvalue weighted by Gasteiger charge is 2.45. The summed E-state index contributed by atoms with van der Waals surface area (Å²) in [6, 6.07) is 0.799. The first-order chi connectivity index (χ1) is 9.69. The zero-order valence-corrected chi connectivity index (χ0v) is 12.4. The summed E-state index contributed by atoms with van der Waals surface area (Å²) in [4.78, 5) is -0.124. The number of nitrogens with two attached hydrogens (primary N) is 1. The quantitative estimate of drug-likeness (QED) is 0.865. The van der Waals surface area contributed by atoms with Crippen molar-refractivity contribution in [2.45, 2.75) is 50.0 Å². The minimum absolute atomic E-state index is 0.124. The fourth-order valence-electron chi connectivity index (χ4n) is 2.22. The van der Waals surface area contributed by atoms with E-state index < -0.39 is 28.8 Å². The maximum atomic E-state index is 12.6.